The van der Waals surface area contributed by atoms with Crippen molar-refractivity contribution in [2.24, 2.45) is 0 Å². The van der Waals surface area contributed by atoms with Gasteiger partial charge in [0.2, 0.25) is 0 Å². The first-order valence-electron chi connectivity index (χ1n) is 8.85. The summed E-state index contributed by atoms with van der Waals surface area (Å²) >= 11 is 0. The molecule has 136 valence electrons. The molecule has 2 N–H and O–H groups in total. The van der Waals surface area contributed by atoms with Crippen molar-refractivity contribution in [3.8, 4) is 11.3 Å². The topological polar surface area (TPSA) is 42.9 Å². The van der Waals surface area contributed by atoms with Gasteiger partial charge in [-0.2, -0.15) is 0 Å². The predicted molar refractivity (Wildman–Crippen MR) is 111 cm³/mol. The van der Waals surface area contributed by atoms with Crippen LogP contribution in [0, 0.1) is 11.2 Å². The van der Waals surface area contributed by atoms with Gasteiger partial charge in [-0.15, -0.1) is 0 Å². The molecule has 0 saturated heterocycles. The van der Waals surface area contributed by atoms with Gasteiger partial charge < -0.3 is 10.4 Å². The summed E-state index contributed by atoms with van der Waals surface area (Å²) in [6.45, 7) is 4.72. The van der Waals surface area contributed by atoms with Crippen LogP contribution in [-0.4, -0.2) is 22.4 Å². The number of aromatic amines is 1. The molecule has 3 nitrogen and oxygen atoms in total. The molecule has 5 heteroatoms. The molecule has 1 atom stereocenters. The Morgan fingerprint density at radius 1 is 1.23 bits per heavy atom. The maximum absolute atomic E-state index is 14.0. The Morgan fingerprint density at radius 3 is 2.50 bits per heavy atom. The molecule has 3 aromatic rings. The molecule has 0 bridgehead atoms. The second kappa shape index (κ2) is 7.69. The molecule has 0 saturated carbocycles. The number of hydrogen-bond donors (Lipinski definition) is 2. The molecule has 3 rings (SSSR count). The molecule has 26 heavy (non-hydrogen) atoms. The number of benzene rings is 2. The Bertz CT molecular complexity index is 942. The van der Waals surface area contributed by atoms with Gasteiger partial charge in [0.15, 0.2) is 0 Å². The summed E-state index contributed by atoms with van der Waals surface area (Å²) in [4.78, 5) is 3.41. The maximum atomic E-state index is 14.0. The fraction of sp³-hybridized carbons (Fsp3) is 0.286. The van der Waals surface area contributed by atoms with Gasteiger partial charge in [-0.25, -0.2) is 4.39 Å². The van der Waals surface area contributed by atoms with Crippen LogP contribution in [0.15, 0.2) is 36.4 Å². The van der Waals surface area contributed by atoms with Gasteiger partial charge in [-0.05, 0) is 49.2 Å². The van der Waals surface area contributed by atoms with Gasteiger partial charge in [0.25, 0.3) is 0 Å². The highest BCUT2D eigenvalue weighted by Crippen LogP contribution is 2.34. The number of halogens is 1. The number of H-pyrrole nitrogens is 1. The van der Waals surface area contributed by atoms with Crippen molar-refractivity contribution >= 4 is 26.0 Å². The van der Waals surface area contributed by atoms with Crippen LogP contribution in [0.5, 0.6) is 0 Å². The summed E-state index contributed by atoms with van der Waals surface area (Å²) < 4.78 is 16.1. The summed E-state index contributed by atoms with van der Waals surface area (Å²) in [5.74, 6) is -0.311. The highest BCUT2D eigenvalue weighted by molar-refractivity contribution is 7.13. The van der Waals surface area contributed by atoms with Gasteiger partial charge in [0.05, 0.1) is 0 Å². The summed E-state index contributed by atoms with van der Waals surface area (Å²) in [7, 11) is 4.69. The van der Waals surface area contributed by atoms with Crippen molar-refractivity contribution in [3.05, 3.63) is 58.9 Å². The summed E-state index contributed by atoms with van der Waals surface area (Å²) in [5.41, 5.74) is 6.35. The lowest BCUT2D eigenvalue weighted by atomic mass is 9.96. The zero-order valence-electron chi connectivity index (χ0n) is 15.5. The van der Waals surface area contributed by atoms with Gasteiger partial charge in [0, 0.05) is 34.4 Å². The Kier molecular flexibility index (Phi) is 5.55. The number of hydrogen-bond acceptors (Lipinski definition) is 2. The van der Waals surface area contributed by atoms with Crippen LogP contribution in [0.25, 0.3) is 22.2 Å². The van der Waals surface area contributed by atoms with E-state index >= 15 is 0 Å². The molecule has 2 aromatic carbocycles. The van der Waals surface area contributed by atoms with Gasteiger partial charge in [-0.1, -0.05) is 47.0 Å². The van der Waals surface area contributed by atoms with Gasteiger partial charge >= 0.3 is 0 Å². The van der Waals surface area contributed by atoms with Crippen molar-refractivity contribution in [1.82, 2.24) is 9.65 Å². The second-order valence-corrected chi connectivity index (χ2v) is 7.72. The molecular formula is C21H25FN3P. The van der Waals surface area contributed by atoms with Crippen LogP contribution < -0.4 is 0 Å². The molecule has 0 aliphatic rings. The average Bonchev–Trinajstić information content (AvgIpc) is 2.93. The third-order valence-corrected chi connectivity index (χ3v) is 4.73. The minimum Gasteiger partial charge on any atom is -0.354 e. The number of nitrogens with one attached hydrogen (secondary N) is 2. The van der Waals surface area contributed by atoms with E-state index in [1.54, 1.807) is 6.92 Å². The van der Waals surface area contributed by atoms with Gasteiger partial charge in [-0.3, -0.25) is 4.67 Å². The number of aryl methyl sites for hydroxylation is 1. The second-order valence-electron chi connectivity index (χ2n) is 6.84. The third kappa shape index (κ3) is 3.72. The van der Waals surface area contributed by atoms with E-state index in [0.717, 1.165) is 41.5 Å². The number of aromatic nitrogens is 1. The van der Waals surface area contributed by atoms with E-state index in [9.17, 15) is 4.39 Å². The van der Waals surface area contributed by atoms with Crippen molar-refractivity contribution < 1.29 is 4.39 Å². The first kappa shape index (κ1) is 18.8. The first-order chi connectivity index (χ1) is 12.4. The zero-order valence-corrected chi connectivity index (χ0v) is 16.6. The number of fused-ring (bicyclic) bond motifs is 1. The molecule has 0 radical (unpaired) electrons. The summed E-state index contributed by atoms with van der Waals surface area (Å²) in [5, 5.41) is 9.04. The first-order valence-corrected chi connectivity index (χ1v) is 9.37. The van der Waals surface area contributed by atoms with E-state index < -0.39 is 0 Å². The SMILES string of the molecule is CCCc1c(-c2ccc(CN(C)P)cc2)[nH]c2cc(F)cc(C(C)=N)c12. The minimum atomic E-state index is -0.311. The fourth-order valence-electron chi connectivity index (χ4n) is 3.47. The molecule has 1 heterocycles. The highest BCUT2D eigenvalue weighted by atomic mass is 31.0. The van der Waals surface area contributed by atoms with Crippen molar-refractivity contribution in [1.29, 1.82) is 5.41 Å². The van der Waals surface area contributed by atoms with Crippen molar-refractivity contribution in [3.63, 3.8) is 0 Å². The maximum Gasteiger partial charge on any atom is 0.125 e. The average molecular weight is 369 g/mol. The van der Waals surface area contributed by atoms with E-state index in [-0.39, 0.29) is 5.82 Å². The number of rotatable bonds is 6. The zero-order chi connectivity index (χ0) is 18.8. The van der Waals surface area contributed by atoms with Crippen LogP contribution in [0.1, 0.15) is 37.0 Å². The lowest BCUT2D eigenvalue weighted by molar-refractivity contribution is 0.564. The molecule has 0 aliphatic heterocycles. The molecule has 0 amide bonds. The largest absolute Gasteiger partial charge is 0.354 e. The highest BCUT2D eigenvalue weighted by Gasteiger charge is 2.17. The smallest absolute Gasteiger partial charge is 0.125 e. The van der Waals surface area contributed by atoms with E-state index in [0.29, 0.717) is 11.3 Å². The lowest BCUT2D eigenvalue weighted by Crippen LogP contribution is -2.02. The molecule has 1 unspecified atom stereocenters. The Hall–Kier alpha value is -2.03. The predicted octanol–water partition coefficient (Wildman–Crippen LogP) is 5.54. The Balaban J connectivity index is 2.18. The Morgan fingerprint density at radius 2 is 1.92 bits per heavy atom. The molecule has 0 spiro atoms. The van der Waals surface area contributed by atoms with Gasteiger partial charge in [0.1, 0.15) is 5.82 Å². The minimum absolute atomic E-state index is 0.311. The Labute approximate surface area is 156 Å². The van der Waals surface area contributed by atoms with E-state index in [4.69, 9.17) is 5.41 Å². The van der Waals surface area contributed by atoms with E-state index in [2.05, 4.69) is 50.2 Å². The number of nitrogens with zero attached hydrogens (tertiary/aromatic N) is 1. The summed E-state index contributed by atoms with van der Waals surface area (Å²) in [6.07, 6.45) is 1.88. The van der Waals surface area contributed by atoms with E-state index in [1.165, 1.54) is 23.3 Å². The van der Waals surface area contributed by atoms with E-state index in [1.807, 2.05) is 7.05 Å². The van der Waals surface area contributed by atoms with Crippen molar-refractivity contribution in [2.45, 2.75) is 33.2 Å². The standard InChI is InChI=1S/C21H25FN3P/c1-4-5-17-20-18(13(2)23)10-16(22)11-19(20)24-21(17)15-8-6-14(7-9-15)12-25(3)26/h6-11,23-24H,4-5,12,26H2,1-3H3. The molecular weight excluding hydrogens is 344 g/mol. The normalized spacial score (nSPS) is 11.5. The fourth-order valence-corrected chi connectivity index (χ4v) is 3.68. The third-order valence-electron chi connectivity index (χ3n) is 4.54. The summed E-state index contributed by atoms with van der Waals surface area (Å²) in [6, 6.07) is 11.5. The quantitative estimate of drug-likeness (QED) is 0.435. The monoisotopic (exact) mass is 369 g/mol. The molecule has 0 fully saturated rings. The van der Waals surface area contributed by atoms with Crippen molar-refractivity contribution in [2.75, 3.05) is 7.05 Å². The molecule has 0 aliphatic carbocycles. The van der Waals surface area contributed by atoms with Crippen LogP contribution in [0.4, 0.5) is 4.39 Å². The van der Waals surface area contributed by atoms with Crippen LogP contribution >= 0.6 is 9.39 Å². The van der Waals surface area contributed by atoms with Crippen LogP contribution in [-0.2, 0) is 13.0 Å². The molecule has 1 aromatic heterocycles. The van der Waals surface area contributed by atoms with Crippen LogP contribution in [0.3, 0.4) is 0 Å². The van der Waals surface area contributed by atoms with Crippen LogP contribution in [0.2, 0.25) is 0 Å². The lowest BCUT2D eigenvalue weighted by Gasteiger charge is -2.10.